The van der Waals surface area contributed by atoms with Crippen molar-refractivity contribution in [2.45, 2.75) is 31.5 Å². The topological polar surface area (TPSA) is 94.4 Å². The van der Waals surface area contributed by atoms with Crippen LogP contribution in [-0.2, 0) is 29.7 Å². The largest absolute Gasteiger partial charge is 0.469 e. The van der Waals surface area contributed by atoms with Gasteiger partial charge in [0, 0.05) is 39.6 Å². The fourth-order valence-corrected chi connectivity index (χ4v) is 5.19. The first kappa shape index (κ1) is 27.9. The Balaban J connectivity index is 1.88. The maximum absolute atomic E-state index is 14.2. The monoisotopic (exact) mass is 564 g/mol. The molecular weight excluding hydrogens is 544 g/mol. The first-order valence-electron chi connectivity index (χ1n) is 10.4. The molecule has 0 spiro atoms. The van der Waals surface area contributed by atoms with E-state index in [1.54, 1.807) is 6.92 Å². The first-order chi connectivity index (χ1) is 16.7. The van der Waals surface area contributed by atoms with Gasteiger partial charge in [0.05, 0.1) is 29.0 Å². The lowest BCUT2D eigenvalue weighted by molar-refractivity contribution is -0.275. The van der Waals surface area contributed by atoms with Crippen LogP contribution in [0.25, 0.3) is 0 Å². The van der Waals surface area contributed by atoms with E-state index in [2.05, 4.69) is 14.3 Å². The van der Waals surface area contributed by atoms with Crippen molar-refractivity contribution in [2.75, 3.05) is 19.1 Å². The summed E-state index contributed by atoms with van der Waals surface area (Å²) in [5, 5.41) is 3.73. The molecule has 36 heavy (non-hydrogen) atoms. The minimum absolute atomic E-state index is 0.000160. The number of aryl methyl sites for hydroxylation is 1. The Kier molecular flexibility index (Phi) is 8.07. The number of ether oxygens (including phenoxy) is 1. The number of carbonyl (C=O) groups excluding carboxylic acids is 2. The summed E-state index contributed by atoms with van der Waals surface area (Å²) in [6, 6.07) is 7.78. The van der Waals surface area contributed by atoms with Gasteiger partial charge in [-0.2, -0.15) is 17.5 Å². The molecular formula is C23H21Cl2F3N2O5S. The molecule has 0 aromatic heterocycles. The molecule has 0 bridgehead atoms. The second-order valence-corrected chi connectivity index (χ2v) is 11.6. The number of hydrogen-bond donors (Lipinski definition) is 0. The van der Waals surface area contributed by atoms with Gasteiger partial charge in [-0.15, -0.1) is 0 Å². The molecule has 3 rings (SSSR count). The van der Waals surface area contributed by atoms with Gasteiger partial charge in [-0.1, -0.05) is 34.4 Å². The number of halogens is 5. The van der Waals surface area contributed by atoms with Gasteiger partial charge in [0.2, 0.25) is 0 Å². The highest BCUT2D eigenvalue weighted by Crippen LogP contribution is 2.49. The van der Waals surface area contributed by atoms with Crippen molar-refractivity contribution >= 4 is 50.5 Å². The fourth-order valence-electron chi connectivity index (χ4n) is 3.57. The van der Waals surface area contributed by atoms with Crippen molar-refractivity contribution < 1.29 is 36.5 Å². The van der Waals surface area contributed by atoms with Gasteiger partial charge in [-0.25, -0.2) is 4.21 Å². The Morgan fingerprint density at radius 3 is 2.39 bits per heavy atom. The van der Waals surface area contributed by atoms with Crippen LogP contribution in [0.3, 0.4) is 0 Å². The predicted molar refractivity (Wildman–Crippen MR) is 130 cm³/mol. The van der Waals surface area contributed by atoms with E-state index in [0.29, 0.717) is 11.1 Å². The van der Waals surface area contributed by atoms with Crippen LogP contribution in [0, 0.1) is 6.92 Å². The smallest absolute Gasteiger partial charge is 0.435 e. The molecule has 13 heteroatoms. The van der Waals surface area contributed by atoms with E-state index in [0.717, 1.165) is 12.1 Å². The fraction of sp³-hybridized carbons (Fsp3) is 0.348. The zero-order valence-electron chi connectivity index (χ0n) is 19.3. The highest BCUT2D eigenvalue weighted by molar-refractivity contribution is 7.93. The van der Waals surface area contributed by atoms with Crippen LogP contribution in [0.15, 0.2) is 45.9 Å². The number of benzene rings is 2. The van der Waals surface area contributed by atoms with Gasteiger partial charge >= 0.3 is 12.1 Å². The van der Waals surface area contributed by atoms with E-state index in [9.17, 15) is 27.0 Å². The number of hydrogen-bond acceptors (Lipinski definition) is 6. The lowest BCUT2D eigenvalue weighted by atomic mass is 9.86. The van der Waals surface area contributed by atoms with Crippen molar-refractivity contribution in [1.82, 2.24) is 0 Å². The van der Waals surface area contributed by atoms with E-state index >= 15 is 0 Å². The number of amides is 1. The lowest BCUT2D eigenvalue weighted by Gasteiger charge is -2.29. The Hall–Kier alpha value is -2.63. The molecule has 1 aliphatic rings. The third kappa shape index (κ3) is 6.01. The van der Waals surface area contributed by atoms with Crippen molar-refractivity contribution in [3.05, 3.63) is 68.7 Å². The van der Waals surface area contributed by atoms with E-state index in [1.807, 2.05) is 0 Å². The van der Waals surface area contributed by atoms with Crippen LogP contribution < -0.4 is 0 Å². The molecule has 1 amide bonds. The van der Waals surface area contributed by atoms with Crippen molar-refractivity contribution in [3.63, 3.8) is 0 Å². The third-order valence-corrected chi connectivity index (χ3v) is 7.44. The van der Waals surface area contributed by atoms with Crippen LogP contribution in [0.2, 0.25) is 10.0 Å². The maximum atomic E-state index is 14.2. The number of esters is 1. The minimum Gasteiger partial charge on any atom is -0.469 e. The van der Waals surface area contributed by atoms with E-state index in [1.165, 1.54) is 37.6 Å². The number of oxime groups is 1. The quantitative estimate of drug-likeness (QED) is 0.420. The lowest BCUT2D eigenvalue weighted by Crippen LogP contribution is -2.42. The van der Waals surface area contributed by atoms with Gasteiger partial charge in [0.15, 0.2) is 0 Å². The molecule has 0 aliphatic carbocycles. The summed E-state index contributed by atoms with van der Waals surface area (Å²) in [5.74, 6) is -1.52. The SMILES string of the molecule is COC(=O)CCS(C)(=O)=NC(=O)c1ccc(C2=NOC(c3cc(Cl)cc(Cl)c3)(C(F)(F)F)C2)cc1C. The highest BCUT2D eigenvalue weighted by atomic mass is 35.5. The van der Waals surface area contributed by atoms with Crippen molar-refractivity contribution in [2.24, 2.45) is 9.52 Å². The highest BCUT2D eigenvalue weighted by Gasteiger charge is 2.62. The molecule has 2 atom stereocenters. The number of methoxy groups -OCH3 is 1. The minimum atomic E-state index is -4.85. The Labute approximate surface area is 215 Å². The molecule has 0 saturated carbocycles. The van der Waals surface area contributed by atoms with Crippen LogP contribution in [-0.4, -0.2) is 47.1 Å². The molecule has 0 saturated heterocycles. The molecule has 0 fully saturated rings. The summed E-state index contributed by atoms with van der Waals surface area (Å²) in [5.41, 5.74) is -2.30. The second kappa shape index (κ2) is 10.4. The molecule has 0 radical (unpaired) electrons. The zero-order chi connectivity index (χ0) is 26.9. The van der Waals surface area contributed by atoms with Gasteiger partial charge in [0.1, 0.15) is 0 Å². The van der Waals surface area contributed by atoms with Gasteiger partial charge < -0.3 is 9.57 Å². The molecule has 2 aromatic carbocycles. The summed E-state index contributed by atoms with van der Waals surface area (Å²) >= 11 is 11.8. The summed E-state index contributed by atoms with van der Waals surface area (Å²) in [4.78, 5) is 28.9. The molecule has 194 valence electrons. The Morgan fingerprint density at radius 2 is 1.83 bits per heavy atom. The normalized spacial score (nSPS) is 19.2. The third-order valence-electron chi connectivity index (χ3n) is 5.49. The Bertz CT molecular complexity index is 1350. The molecule has 1 heterocycles. The summed E-state index contributed by atoms with van der Waals surface area (Å²) in [7, 11) is -1.82. The number of carbonyl (C=O) groups is 2. The molecule has 1 aliphatic heterocycles. The van der Waals surface area contributed by atoms with Gasteiger partial charge in [-0.3, -0.25) is 9.59 Å². The first-order valence-corrected chi connectivity index (χ1v) is 13.2. The molecule has 2 aromatic rings. The van der Waals surface area contributed by atoms with E-state index in [-0.39, 0.29) is 39.1 Å². The molecule has 0 N–H and O–H groups in total. The van der Waals surface area contributed by atoms with Crippen LogP contribution in [0.5, 0.6) is 0 Å². The standard InChI is InChI=1S/C23H21Cl2F3N2O5S/c1-13-8-14(4-5-18(13)21(32)30-36(3,33)7-6-20(31)34-2)19-12-22(35-29-19,23(26,27)28)15-9-16(24)11-17(25)10-15/h4-5,8-11H,6-7,12H2,1-3H3. The zero-order valence-corrected chi connectivity index (χ0v) is 21.6. The van der Waals surface area contributed by atoms with Gasteiger partial charge in [-0.05, 0) is 48.4 Å². The van der Waals surface area contributed by atoms with Crippen molar-refractivity contribution in [3.8, 4) is 0 Å². The van der Waals surface area contributed by atoms with Crippen molar-refractivity contribution in [1.29, 1.82) is 0 Å². The van der Waals surface area contributed by atoms with Crippen LogP contribution in [0.4, 0.5) is 13.2 Å². The van der Waals surface area contributed by atoms with E-state index < -0.39 is 39.8 Å². The maximum Gasteiger partial charge on any atom is 0.435 e. The van der Waals surface area contributed by atoms with E-state index in [4.69, 9.17) is 28.0 Å². The second-order valence-electron chi connectivity index (χ2n) is 8.20. The summed E-state index contributed by atoms with van der Waals surface area (Å²) < 4.78 is 63.4. The molecule has 2 unspecified atom stereocenters. The van der Waals surface area contributed by atoms with Crippen LogP contribution >= 0.6 is 23.2 Å². The number of nitrogens with zero attached hydrogens (tertiary/aromatic N) is 2. The average molecular weight is 565 g/mol. The predicted octanol–water partition coefficient (Wildman–Crippen LogP) is 5.69. The molecule has 7 nitrogen and oxygen atoms in total. The number of rotatable bonds is 6. The average Bonchev–Trinajstić information content (AvgIpc) is 3.23. The van der Waals surface area contributed by atoms with Crippen LogP contribution in [0.1, 0.15) is 39.9 Å². The Morgan fingerprint density at radius 1 is 1.19 bits per heavy atom. The number of alkyl halides is 3. The van der Waals surface area contributed by atoms with Gasteiger partial charge in [0.25, 0.3) is 11.5 Å². The summed E-state index contributed by atoms with van der Waals surface area (Å²) in [6.45, 7) is 1.56. The summed E-state index contributed by atoms with van der Waals surface area (Å²) in [6.07, 6.45) is -4.41.